The third-order valence-corrected chi connectivity index (χ3v) is 9.29. The number of carbonyl (C=O) groups is 3. The van der Waals surface area contributed by atoms with E-state index in [9.17, 15) is 14.4 Å². The SMILES string of the molecule is CON=C(C(=O)NC1C(=O)N2C(C(=O)OC(c3ccccc3)c3ccccc3)=C(c3nnc(C)s3)CS[C@H]12)c1ccccc1. The van der Waals surface area contributed by atoms with Crippen molar-refractivity contribution < 1.29 is 24.0 Å². The average Bonchev–Trinajstić information content (AvgIpc) is 3.51. The molecule has 2 aliphatic heterocycles. The van der Waals surface area contributed by atoms with Crippen LogP contribution in [0.1, 0.15) is 32.8 Å². The maximum absolute atomic E-state index is 14.1. The number of fused-ring (bicyclic) bond motifs is 1. The van der Waals surface area contributed by atoms with Gasteiger partial charge in [-0.2, -0.15) is 0 Å². The van der Waals surface area contributed by atoms with Crippen molar-refractivity contribution in [2.24, 2.45) is 5.16 Å². The Morgan fingerprint density at radius 3 is 2.14 bits per heavy atom. The average molecular weight is 626 g/mol. The van der Waals surface area contributed by atoms with E-state index < -0.39 is 35.3 Å². The van der Waals surface area contributed by atoms with Gasteiger partial charge in [0.1, 0.15) is 34.2 Å². The summed E-state index contributed by atoms with van der Waals surface area (Å²) in [5.74, 6) is -1.32. The van der Waals surface area contributed by atoms with Gasteiger partial charge in [-0.05, 0) is 18.1 Å². The highest BCUT2D eigenvalue weighted by Gasteiger charge is 2.55. The number of hydrogen-bond acceptors (Lipinski definition) is 10. The van der Waals surface area contributed by atoms with Crippen LogP contribution in [0.25, 0.3) is 5.57 Å². The highest BCUT2D eigenvalue weighted by Crippen LogP contribution is 2.44. The Kier molecular flexibility index (Phi) is 8.53. The zero-order valence-electron chi connectivity index (χ0n) is 23.7. The lowest BCUT2D eigenvalue weighted by molar-refractivity contribution is -0.154. The fourth-order valence-corrected chi connectivity index (χ4v) is 7.23. The minimum Gasteiger partial charge on any atom is -0.448 e. The van der Waals surface area contributed by atoms with Gasteiger partial charge < -0.3 is 14.9 Å². The Hall–Kier alpha value is -4.81. The zero-order valence-corrected chi connectivity index (χ0v) is 25.4. The molecule has 0 spiro atoms. The van der Waals surface area contributed by atoms with Crippen LogP contribution in [-0.2, 0) is 24.0 Å². The molecule has 4 aromatic rings. The maximum Gasteiger partial charge on any atom is 0.356 e. The van der Waals surface area contributed by atoms with Crippen molar-refractivity contribution in [1.82, 2.24) is 20.4 Å². The molecular formula is C32H27N5O5S2. The van der Waals surface area contributed by atoms with E-state index in [2.05, 4.69) is 20.7 Å². The molecule has 0 bridgehead atoms. The van der Waals surface area contributed by atoms with Crippen LogP contribution in [0.2, 0.25) is 0 Å². The van der Waals surface area contributed by atoms with E-state index in [1.807, 2.05) is 73.7 Å². The zero-order chi connectivity index (χ0) is 30.6. The predicted molar refractivity (Wildman–Crippen MR) is 167 cm³/mol. The molecule has 0 radical (unpaired) electrons. The molecule has 10 nitrogen and oxygen atoms in total. The van der Waals surface area contributed by atoms with Crippen molar-refractivity contribution in [2.75, 3.05) is 12.9 Å². The molecule has 2 aliphatic rings. The van der Waals surface area contributed by atoms with Gasteiger partial charge in [-0.15, -0.1) is 22.0 Å². The normalized spacial score (nSPS) is 18.0. The van der Waals surface area contributed by atoms with Gasteiger partial charge in [0.15, 0.2) is 11.8 Å². The van der Waals surface area contributed by atoms with E-state index >= 15 is 0 Å². The number of nitrogens with one attached hydrogen (secondary N) is 1. The Morgan fingerprint density at radius 1 is 0.955 bits per heavy atom. The molecule has 222 valence electrons. The summed E-state index contributed by atoms with van der Waals surface area (Å²) in [6, 6.07) is 26.8. The molecule has 0 aliphatic carbocycles. The first kappa shape index (κ1) is 29.3. The molecule has 12 heteroatoms. The fourth-order valence-electron chi connectivity index (χ4n) is 5.06. The number of aromatic nitrogens is 2. The summed E-state index contributed by atoms with van der Waals surface area (Å²) in [5, 5.41) is 15.8. The minimum atomic E-state index is -0.891. The van der Waals surface area contributed by atoms with Crippen LogP contribution in [0, 0.1) is 6.92 Å². The lowest BCUT2D eigenvalue weighted by Gasteiger charge is -2.49. The molecule has 1 saturated heterocycles. The molecule has 2 amide bonds. The second-order valence-corrected chi connectivity index (χ2v) is 12.2. The number of oxime groups is 1. The maximum atomic E-state index is 14.1. The molecule has 6 rings (SSSR count). The molecule has 1 aromatic heterocycles. The van der Waals surface area contributed by atoms with Crippen molar-refractivity contribution in [3.05, 3.63) is 123 Å². The number of benzene rings is 3. The van der Waals surface area contributed by atoms with Crippen LogP contribution < -0.4 is 5.32 Å². The molecule has 3 aromatic carbocycles. The lowest BCUT2D eigenvalue weighted by Crippen LogP contribution is -2.71. The Morgan fingerprint density at radius 2 is 1.57 bits per heavy atom. The van der Waals surface area contributed by atoms with Gasteiger partial charge >= 0.3 is 5.97 Å². The predicted octanol–water partition coefficient (Wildman–Crippen LogP) is 4.34. The van der Waals surface area contributed by atoms with Gasteiger partial charge in [-0.25, -0.2) is 4.79 Å². The summed E-state index contributed by atoms with van der Waals surface area (Å²) in [4.78, 5) is 47.5. The van der Waals surface area contributed by atoms with Crippen molar-refractivity contribution in [3.63, 3.8) is 0 Å². The highest BCUT2D eigenvalue weighted by molar-refractivity contribution is 8.00. The number of carbonyl (C=O) groups excluding carboxylic acids is 3. The summed E-state index contributed by atoms with van der Waals surface area (Å²) in [6.07, 6.45) is -0.714. The monoisotopic (exact) mass is 625 g/mol. The van der Waals surface area contributed by atoms with Crippen LogP contribution in [0.4, 0.5) is 0 Å². The van der Waals surface area contributed by atoms with E-state index in [0.717, 1.165) is 16.1 Å². The number of ether oxygens (including phenoxy) is 1. The summed E-state index contributed by atoms with van der Waals surface area (Å²) in [6.45, 7) is 1.82. The molecule has 1 unspecified atom stereocenters. The highest BCUT2D eigenvalue weighted by atomic mass is 32.2. The number of β-lactam (4-membered cyclic amide) rings is 1. The van der Waals surface area contributed by atoms with E-state index in [1.54, 1.807) is 24.3 Å². The first-order valence-electron chi connectivity index (χ1n) is 13.7. The summed E-state index contributed by atoms with van der Waals surface area (Å²) in [5.41, 5.74) is 2.81. The molecule has 3 heterocycles. The number of hydrogen-bond donors (Lipinski definition) is 1. The minimum absolute atomic E-state index is 0.0360. The number of esters is 1. The molecule has 1 N–H and O–H groups in total. The molecule has 0 saturated carbocycles. The number of aryl methyl sites for hydroxylation is 1. The third-order valence-electron chi connectivity index (χ3n) is 7.11. The Labute approximate surface area is 261 Å². The second-order valence-electron chi connectivity index (χ2n) is 9.91. The Bertz CT molecular complexity index is 1700. The number of amides is 2. The van der Waals surface area contributed by atoms with Gasteiger partial charge in [-0.1, -0.05) is 107 Å². The molecule has 2 atom stereocenters. The summed E-state index contributed by atoms with van der Waals surface area (Å²) < 4.78 is 6.20. The number of nitrogens with zero attached hydrogens (tertiary/aromatic N) is 4. The van der Waals surface area contributed by atoms with E-state index in [1.165, 1.54) is 35.1 Å². The van der Waals surface area contributed by atoms with Crippen molar-refractivity contribution in [1.29, 1.82) is 0 Å². The first-order chi connectivity index (χ1) is 21.5. The van der Waals surface area contributed by atoms with Crippen LogP contribution in [-0.4, -0.2) is 62.9 Å². The van der Waals surface area contributed by atoms with Crippen LogP contribution in [0.15, 0.2) is 102 Å². The quantitative estimate of drug-likeness (QED) is 0.126. The van der Waals surface area contributed by atoms with Gasteiger partial charge in [0, 0.05) is 16.9 Å². The Balaban J connectivity index is 1.31. The molecule has 1 fully saturated rings. The fraction of sp³-hybridized carbons (Fsp3) is 0.188. The smallest absolute Gasteiger partial charge is 0.356 e. The summed E-state index contributed by atoms with van der Waals surface area (Å²) in [7, 11) is 1.35. The van der Waals surface area contributed by atoms with E-state index in [0.29, 0.717) is 21.9 Å². The number of thioether (sulfide) groups is 1. The van der Waals surface area contributed by atoms with Gasteiger partial charge in [-0.3, -0.25) is 14.5 Å². The van der Waals surface area contributed by atoms with Gasteiger partial charge in [0.25, 0.3) is 11.8 Å². The van der Waals surface area contributed by atoms with E-state index in [4.69, 9.17) is 9.57 Å². The van der Waals surface area contributed by atoms with Crippen molar-refractivity contribution in [2.45, 2.75) is 24.4 Å². The van der Waals surface area contributed by atoms with Crippen molar-refractivity contribution in [3.8, 4) is 0 Å². The standard InChI is InChI=1S/C32H27N5O5S2/c1-19-34-35-29(44-19)23-18-43-31-25(33-28(38)24(36-41-2)20-12-6-3-7-13-20)30(39)37(31)26(23)32(40)42-27(21-14-8-4-9-15-21)22-16-10-5-11-17-22/h3-17,25,27,31H,18H2,1-2H3,(H,33,38)/t25?,31-/m1/s1. The topological polar surface area (TPSA) is 123 Å². The molecular weight excluding hydrogens is 599 g/mol. The largest absolute Gasteiger partial charge is 0.448 e. The van der Waals surface area contributed by atoms with Crippen LogP contribution in [0.3, 0.4) is 0 Å². The van der Waals surface area contributed by atoms with Crippen molar-refractivity contribution >= 4 is 52.2 Å². The number of rotatable bonds is 9. The van der Waals surface area contributed by atoms with Gasteiger partial charge in [0.2, 0.25) is 0 Å². The van der Waals surface area contributed by atoms with E-state index in [-0.39, 0.29) is 11.4 Å². The lowest BCUT2D eigenvalue weighted by atomic mass is 10.0. The third kappa shape index (κ3) is 5.73. The van der Waals surface area contributed by atoms with Crippen LogP contribution in [0.5, 0.6) is 0 Å². The second kappa shape index (κ2) is 12.8. The van der Waals surface area contributed by atoms with Gasteiger partial charge in [0.05, 0.1) is 0 Å². The van der Waals surface area contributed by atoms with Crippen LogP contribution >= 0.6 is 23.1 Å². The first-order valence-corrected chi connectivity index (χ1v) is 15.6. The molecule has 44 heavy (non-hydrogen) atoms. The summed E-state index contributed by atoms with van der Waals surface area (Å²) >= 11 is 2.76.